The molecule has 24 heavy (non-hydrogen) atoms. The fourth-order valence-electron chi connectivity index (χ4n) is 3.10. The average molecular weight is 400 g/mol. The van der Waals surface area contributed by atoms with Crippen LogP contribution in [-0.4, -0.2) is 9.90 Å². The van der Waals surface area contributed by atoms with Crippen molar-refractivity contribution in [1.29, 1.82) is 0 Å². The van der Waals surface area contributed by atoms with Gasteiger partial charge in [-0.25, -0.2) is 0 Å². The molecule has 0 saturated carbocycles. The zero-order chi connectivity index (χ0) is 16.7. The summed E-state index contributed by atoms with van der Waals surface area (Å²) in [4.78, 5) is 24.7. The van der Waals surface area contributed by atoms with Gasteiger partial charge >= 0.3 is 0 Å². The van der Waals surface area contributed by atoms with Crippen LogP contribution >= 0.6 is 27.3 Å². The summed E-state index contributed by atoms with van der Waals surface area (Å²) in [7, 11) is 0. The third kappa shape index (κ3) is 2.31. The number of hydrogen-bond acceptors (Lipinski definition) is 3. The minimum Gasteiger partial charge on any atom is -0.336 e. The van der Waals surface area contributed by atoms with Crippen LogP contribution in [-0.2, 0) is 6.54 Å². The summed E-state index contributed by atoms with van der Waals surface area (Å²) in [6, 6.07) is 15.9. The van der Waals surface area contributed by atoms with E-state index in [4.69, 9.17) is 0 Å². The van der Waals surface area contributed by atoms with E-state index < -0.39 is 0 Å². The first-order valence-electron chi connectivity index (χ1n) is 7.75. The number of aryl methyl sites for hydroxylation is 1. The summed E-state index contributed by atoms with van der Waals surface area (Å²) in [5.74, 6) is 0. The van der Waals surface area contributed by atoms with Crippen LogP contribution in [0.3, 0.4) is 0 Å². The normalized spacial score (nSPS) is 11.5. The highest BCUT2D eigenvalue weighted by Crippen LogP contribution is 2.29. The van der Waals surface area contributed by atoms with E-state index in [0.717, 1.165) is 32.1 Å². The third-order valence-corrected chi connectivity index (χ3v) is 5.90. The maximum atomic E-state index is 12.4. The molecule has 0 fully saturated rings. The summed E-state index contributed by atoms with van der Waals surface area (Å²) in [6.07, 6.45) is 0.888. The fourth-order valence-corrected chi connectivity index (χ4v) is 4.45. The average Bonchev–Trinajstić information content (AvgIpc) is 2.61. The number of hydrogen-bond donors (Lipinski definition) is 0. The molecule has 1 aromatic heterocycles. The van der Waals surface area contributed by atoms with Gasteiger partial charge in [-0.1, -0.05) is 46.3 Å². The molecular weight excluding hydrogens is 386 g/mol. The Morgan fingerprint density at radius 2 is 1.62 bits per heavy atom. The molecule has 3 aromatic carbocycles. The zero-order valence-electron chi connectivity index (χ0n) is 12.8. The molecular formula is C19H14BrNO2S. The standard InChI is InChI=1S/C19H14BrNO2S/c20-10-5-11-21-13-7-2-4-9-15(13)24-14-8-3-1-6-12(14)16-17(21)19(23)18(16)22/h1-4,6-9H,5,10-11H2. The van der Waals surface area contributed by atoms with Crippen molar-refractivity contribution in [3.05, 3.63) is 69.0 Å². The number of para-hydroxylation sites is 1. The molecule has 0 N–H and O–H groups in total. The van der Waals surface area contributed by atoms with Crippen LogP contribution in [0.4, 0.5) is 0 Å². The highest BCUT2D eigenvalue weighted by molar-refractivity contribution is 9.09. The Morgan fingerprint density at radius 3 is 2.42 bits per heavy atom. The zero-order valence-corrected chi connectivity index (χ0v) is 15.2. The van der Waals surface area contributed by atoms with Crippen molar-refractivity contribution < 1.29 is 0 Å². The van der Waals surface area contributed by atoms with E-state index >= 15 is 0 Å². The number of alkyl halides is 1. The molecule has 1 heterocycles. The van der Waals surface area contributed by atoms with Gasteiger partial charge in [-0.2, -0.15) is 0 Å². The van der Waals surface area contributed by atoms with Gasteiger partial charge in [-0.3, -0.25) is 9.59 Å². The number of benzene rings is 2. The van der Waals surface area contributed by atoms with Gasteiger partial charge in [0.25, 0.3) is 5.43 Å². The lowest BCUT2D eigenvalue weighted by molar-refractivity contribution is 0.727. The van der Waals surface area contributed by atoms with Gasteiger partial charge in [0.2, 0.25) is 5.43 Å². The van der Waals surface area contributed by atoms with E-state index in [1.54, 1.807) is 11.3 Å². The first-order valence-corrected chi connectivity index (χ1v) is 9.69. The molecule has 4 aromatic rings. The first kappa shape index (κ1) is 15.5. The topological polar surface area (TPSA) is 39.1 Å². The van der Waals surface area contributed by atoms with E-state index in [-0.39, 0.29) is 10.9 Å². The van der Waals surface area contributed by atoms with Crippen molar-refractivity contribution in [1.82, 2.24) is 4.57 Å². The fraction of sp³-hybridized carbons (Fsp3) is 0.158. The van der Waals surface area contributed by atoms with Crippen molar-refractivity contribution in [2.45, 2.75) is 13.0 Å². The summed E-state index contributed by atoms with van der Waals surface area (Å²) >= 11 is 5.10. The molecule has 0 atom stereocenters. The van der Waals surface area contributed by atoms with Crippen LogP contribution in [0.15, 0.2) is 58.1 Å². The number of halogens is 1. The van der Waals surface area contributed by atoms with Gasteiger partial charge in [0.1, 0.15) is 5.52 Å². The SMILES string of the molecule is O=c1c(=O)c2c1c1ccccc1sc1ccccc1n2CCCBr. The van der Waals surface area contributed by atoms with Gasteiger partial charge in [0, 0.05) is 22.0 Å². The van der Waals surface area contributed by atoms with Crippen LogP contribution in [0.1, 0.15) is 6.42 Å². The van der Waals surface area contributed by atoms with Crippen LogP contribution in [0.2, 0.25) is 0 Å². The summed E-state index contributed by atoms with van der Waals surface area (Å²) in [6.45, 7) is 0.697. The van der Waals surface area contributed by atoms with Crippen LogP contribution < -0.4 is 10.9 Å². The number of aromatic nitrogens is 1. The van der Waals surface area contributed by atoms with E-state index in [9.17, 15) is 9.59 Å². The Kier molecular flexibility index (Phi) is 3.98. The Hall–Kier alpha value is -1.98. The van der Waals surface area contributed by atoms with E-state index in [1.807, 2.05) is 47.0 Å². The number of rotatable bonds is 3. The van der Waals surface area contributed by atoms with E-state index in [0.29, 0.717) is 17.4 Å². The predicted molar refractivity (Wildman–Crippen MR) is 106 cm³/mol. The van der Waals surface area contributed by atoms with Gasteiger partial charge < -0.3 is 4.57 Å². The predicted octanol–water partition coefficient (Wildman–Crippen LogP) is 4.51. The van der Waals surface area contributed by atoms with Crippen molar-refractivity contribution in [3.63, 3.8) is 0 Å². The molecule has 0 unspecified atom stereocenters. The Balaban J connectivity index is 2.31. The van der Waals surface area contributed by atoms with Crippen molar-refractivity contribution >= 4 is 58.5 Å². The summed E-state index contributed by atoms with van der Waals surface area (Å²) in [5.41, 5.74) is 0.782. The van der Waals surface area contributed by atoms with E-state index in [2.05, 4.69) is 22.0 Å². The van der Waals surface area contributed by atoms with Crippen molar-refractivity contribution in [3.8, 4) is 0 Å². The molecule has 3 nitrogen and oxygen atoms in total. The molecule has 0 spiro atoms. The van der Waals surface area contributed by atoms with Gasteiger partial charge in [-0.05, 0) is 24.6 Å². The molecule has 120 valence electrons. The Bertz CT molecular complexity index is 1190. The highest BCUT2D eigenvalue weighted by atomic mass is 79.9. The van der Waals surface area contributed by atoms with Crippen molar-refractivity contribution in [2.75, 3.05) is 5.33 Å². The maximum absolute atomic E-state index is 12.4. The molecule has 0 bridgehead atoms. The lowest BCUT2D eigenvalue weighted by Crippen LogP contribution is -2.33. The van der Waals surface area contributed by atoms with Crippen LogP contribution in [0, 0.1) is 0 Å². The molecule has 4 rings (SSSR count). The summed E-state index contributed by atoms with van der Waals surface area (Å²) in [5, 5.41) is 2.27. The van der Waals surface area contributed by atoms with Gasteiger partial charge in [0.15, 0.2) is 0 Å². The molecule has 0 amide bonds. The van der Waals surface area contributed by atoms with Crippen LogP contribution in [0.25, 0.3) is 31.2 Å². The molecule has 0 radical (unpaired) electrons. The first-order chi connectivity index (χ1) is 11.7. The number of fused-ring (bicyclic) bond motifs is 4. The second kappa shape index (κ2) is 6.15. The smallest absolute Gasteiger partial charge is 0.250 e. The lowest BCUT2D eigenvalue weighted by Gasteiger charge is -2.14. The number of nitrogens with zero attached hydrogens (tertiary/aromatic N) is 1. The van der Waals surface area contributed by atoms with Gasteiger partial charge in [0.05, 0.1) is 15.6 Å². The third-order valence-electron chi connectivity index (χ3n) is 4.20. The largest absolute Gasteiger partial charge is 0.336 e. The Labute approximate surface area is 150 Å². The molecule has 0 aliphatic rings. The second-order valence-corrected chi connectivity index (χ2v) is 7.52. The Morgan fingerprint density at radius 1 is 0.917 bits per heavy atom. The minimum absolute atomic E-state index is 0.374. The van der Waals surface area contributed by atoms with E-state index in [1.165, 1.54) is 0 Å². The molecule has 0 saturated heterocycles. The van der Waals surface area contributed by atoms with Crippen LogP contribution in [0.5, 0.6) is 0 Å². The summed E-state index contributed by atoms with van der Waals surface area (Å²) < 4.78 is 4.12. The quantitative estimate of drug-likeness (QED) is 0.375. The molecule has 5 heteroatoms. The lowest BCUT2D eigenvalue weighted by atomic mass is 10.1. The monoisotopic (exact) mass is 399 g/mol. The molecule has 0 aliphatic carbocycles. The minimum atomic E-state index is -0.379. The highest BCUT2D eigenvalue weighted by Gasteiger charge is 2.18. The maximum Gasteiger partial charge on any atom is 0.250 e. The molecule has 0 aliphatic heterocycles. The van der Waals surface area contributed by atoms with Crippen molar-refractivity contribution in [2.24, 2.45) is 0 Å². The van der Waals surface area contributed by atoms with Gasteiger partial charge in [-0.15, -0.1) is 11.3 Å². The second-order valence-electron chi connectivity index (χ2n) is 5.64.